The number of nitrogens with zero attached hydrogens (tertiary/aromatic N) is 2. The average Bonchev–Trinajstić information content (AvgIpc) is 3.21. The summed E-state index contributed by atoms with van der Waals surface area (Å²) in [7, 11) is 1.82. The van der Waals surface area contributed by atoms with Crippen LogP contribution in [-0.2, 0) is 4.79 Å². The Morgan fingerprint density at radius 3 is 2.65 bits per heavy atom. The lowest BCUT2D eigenvalue weighted by molar-refractivity contribution is -0.129. The van der Waals surface area contributed by atoms with Crippen molar-refractivity contribution in [2.75, 3.05) is 26.7 Å². The van der Waals surface area contributed by atoms with E-state index in [1.807, 2.05) is 18.9 Å². The number of hydrogen-bond donors (Lipinski definition) is 2. The molecule has 2 fully saturated rings. The largest absolute Gasteiger partial charge is 0.356 e. The van der Waals surface area contributed by atoms with E-state index in [2.05, 4.69) is 15.6 Å². The van der Waals surface area contributed by atoms with E-state index in [0.29, 0.717) is 12.5 Å². The van der Waals surface area contributed by atoms with Crippen molar-refractivity contribution in [3.8, 4) is 0 Å². The first-order valence-corrected chi connectivity index (χ1v) is 8.98. The van der Waals surface area contributed by atoms with Crippen LogP contribution < -0.4 is 10.6 Å². The summed E-state index contributed by atoms with van der Waals surface area (Å²) in [5.74, 6) is 2.09. The molecule has 2 rings (SSSR count). The van der Waals surface area contributed by atoms with Gasteiger partial charge in [0.05, 0.1) is 0 Å². The van der Waals surface area contributed by atoms with Crippen molar-refractivity contribution in [3.05, 3.63) is 0 Å². The minimum absolute atomic E-state index is 0. The maximum absolute atomic E-state index is 11.7. The van der Waals surface area contributed by atoms with Crippen molar-refractivity contribution in [3.63, 3.8) is 0 Å². The number of rotatable bonds is 6. The molecule has 0 aromatic carbocycles. The second kappa shape index (κ2) is 11.1. The molecule has 0 aromatic rings. The van der Waals surface area contributed by atoms with Gasteiger partial charge in [-0.15, -0.1) is 24.0 Å². The lowest BCUT2D eigenvalue weighted by Gasteiger charge is -2.19. The van der Waals surface area contributed by atoms with Gasteiger partial charge >= 0.3 is 0 Å². The molecule has 1 heterocycles. The highest BCUT2D eigenvalue weighted by Crippen LogP contribution is 2.28. The van der Waals surface area contributed by atoms with Crippen LogP contribution >= 0.6 is 24.0 Å². The van der Waals surface area contributed by atoms with Crippen LogP contribution in [-0.4, -0.2) is 49.5 Å². The van der Waals surface area contributed by atoms with Crippen LogP contribution in [0.2, 0.25) is 0 Å². The summed E-state index contributed by atoms with van der Waals surface area (Å²) >= 11 is 0. The zero-order chi connectivity index (χ0) is 15.8. The molecule has 5 nitrogen and oxygen atoms in total. The molecule has 1 aliphatic carbocycles. The van der Waals surface area contributed by atoms with Crippen molar-refractivity contribution >= 4 is 35.8 Å². The number of amides is 1. The summed E-state index contributed by atoms with van der Waals surface area (Å²) in [6, 6.07) is 0.330. The Bertz CT molecular complexity index is 383. The van der Waals surface area contributed by atoms with Gasteiger partial charge in [0.1, 0.15) is 0 Å². The molecular weight excluding hydrogens is 403 g/mol. The van der Waals surface area contributed by atoms with Gasteiger partial charge in [-0.3, -0.25) is 9.79 Å². The second-order valence-electron chi connectivity index (χ2n) is 6.61. The molecule has 0 aromatic heterocycles. The molecule has 1 unspecified atom stereocenters. The normalized spacial score (nSPS) is 22.1. The summed E-state index contributed by atoms with van der Waals surface area (Å²) in [4.78, 5) is 18.0. The van der Waals surface area contributed by atoms with Crippen molar-refractivity contribution in [1.82, 2.24) is 15.5 Å². The molecule has 1 saturated heterocycles. The maximum atomic E-state index is 11.7. The number of likely N-dealkylation sites (tertiary alicyclic amines) is 1. The number of carbonyl (C=O) groups is 1. The topological polar surface area (TPSA) is 56.7 Å². The van der Waals surface area contributed by atoms with Gasteiger partial charge in [-0.25, -0.2) is 0 Å². The molecule has 1 amide bonds. The van der Waals surface area contributed by atoms with Gasteiger partial charge in [0.2, 0.25) is 5.91 Å². The lowest BCUT2D eigenvalue weighted by atomic mass is 10.0. The zero-order valence-corrected chi connectivity index (χ0v) is 17.0. The quantitative estimate of drug-likeness (QED) is 0.292. The first-order chi connectivity index (χ1) is 10.7. The fourth-order valence-corrected chi connectivity index (χ4v) is 3.61. The molecule has 0 spiro atoms. The van der Waals surface area contributed by atoms with E-state index in [1.54, 1.807) is 0 Å². The summed E-state index contributed by atoms with van der Waals surface area (Å²) < 4.78 is 0. The molecule has 2 aliphatic rings. The van der Waals surface area contributed by atoms with Crippen LogP contribution in [0.1, 0.15) is 58.3 Å². The van der Waals surface area contributed by atoms with Crippen LogP contribution in [0, 0.1) is 5.92 Å². The fraction of sp³-hybridized carbons (Fsp3) is 0.882. The van der Waals surface area contributed by atoms with E-state index < -0.39 is 0 Å². The molecule has 1 aliphatic heterocycles. The SMILES string of the molecule is CCC(=O)N1CCC(NC(=NC)NCCCC2CCCC2)C1.I. The summed E-state index contributed by atoms with van der Waals surface area (Å²) in [5.41, 5.74) is 0. The highest BCUT2D eigenvalue weighted by Gasteiger charge is 2.25. The molecular formula is C17H33IN4O. The Morgan fingerprint density at radius 2 is 2.00 bits per heavy atom. The zero-order valence-electron chi connectivity index (χ0n) is 14.6. The third kappa shape index (κ3) is 6.85. The number of aliphatic imine (C=N–C) groups is 1. The third-order valence-corrected chi connectivity index (χ3v) is 4.96. The predicted octanol–water partition coefficient (Wildman–Crippen LogP) is 2.75. The van der Waals surface area contributed by atoms with Gasteiger partial charge in [0, 0.05) is 39.1 Å². The Morgan fingerprint density at radius 1 is 1.26 bits per heavy atom. The fourth-order valence-electron chi connectivity index (χ4n) is 3.61. The standard InChI is InChI=1S/C17H32N4O.HI/c1-3-16(22)21-12-10-15(13-21)20-17(18-2)19-11-6-9-14-7-4-5-8-14;/h14-15H,3-13H2,1-2H3,(H2,18,19,20);1H. The van der Waals surface area contributed by atoms with Crippen LogP contribution in [0.3, 0.4) is 0 Å². The highest BCUT2D eigenvalue weighted by atomic mass is 127. The van der Waals surface area contributed by atoms with E-state index in [1.165, 1.54) is 38.5 Å². The lowest BCUT2D eigenvalue weighted by Crippen LogP contribution is -2.45. The van der Waals surface area contributed by atoms with Crippen molar-refractivity contribution in [1.29, 1.82) is 0 Å². The minimum Gasteiger partial charge on any atom is -0.356 e. The Balaban J connectivity index is 0.00000264. The van der Waals surface area contributed by atoms with E-state index in [0.717, 1.165) is 37.9 Å². The molecule has 1 atom stereocenters. The van der Waals surface area contributed by atoms with E-state index >= 15 is 0 Å². The van der Waals surface area contributed by atoms with Gasteiger partial charge in [0.25, 0.3) is 0 Å². The van der Waals surface area contributed by atoms with Crippen LogP contribution in [0.15, 0.2) is 4.99 Å². The predicted molar refractivity (Wildman–Crippen MR) is 106 cm³/mol. The Kier molecular flexibility index (Phi) is 9.90. The number of halogens is 1. The first kappa shape index (κ1) is 20.5. The van der Waals surface area contributed by atoms with Gasteiger partial charge in [-0.1, -0.05) is 32.6 Å². The number of carbonyl (C=O) groups excluding carboxylic acids is 1. The molecule has 0 bridgehead atoms. The number of guanidine groups is 1. The summed E-state index contributed by atoms with van der Waals surface area (Å²) in [6.45, 7) is 4.58. The summed E-state index contributed by atoms with van der Waals surface area (Å²) in [6.07, 6.45) is 9.87. The molecule has 0 radical (unpaired) electrons. The van der Waals surface area contributed by atoms with Crippen molar-refractivity contribution in [2.24, 2.45) is 10.9 Å². The van der Waals surface area contributed by atoms with Crippen LogP contribution in [0.25, 0.3) is 0 Å². The average molecular weight is 436 g/mol. The monoisotopic (exact) mass is 436 g/mol. The minimum atomic E-state index is 0. The first-order valence-electron chi connectivity index (χ1n) is 8.98. The van der Waals surface area contributed by atoms with Gasteiger partial charge in [0.15, 0.2) is 5.96 Å². The van der Waals surface area contributed by atoms with Crippen LogP contribution in [0.4, 0.5) is 0 Å². The Labute approximate surface area is 158 Å². The molecule has 6 heteroatoms. The van der Waals surface area contributed by atoms with Crippen molar-refractivity contribution < 1.29 is 4.79 Å². The molecule has 23 heavy (non-hydrogen) atoms. The van der Waals surface area contributed by atoms with Gasteiger partial charge in [-0.05, 0) is 25.2 Å². The molecule has 2 N–H and O–H groups in total. The van der Waals surface area contributed by atoms with Crippen LogP contribution in [0.5, 0.6) is 0 Å². The molecule has 1 saturated carbocycles. The smallest absolute Gasteiger partial charge is 0.222 e. The van der Waals surface area contributed by atoms with E-state index in [-0.39, 0.29) is 29.9 Å². The maximum Gasteiger partial charge on any atom is 0.222 e. The molecule has 134 valence electrons. The van der Waals surface area contributed by atoms with E-state index in [4.69, 9.17) is 0 Å². The van der Waals surface area contributed by atoms with Crippen molar-refractivity contribution in [2.45, 2.75) is 64.3 Å². The Hall–Kier alpha value is -0.530. The van der Waals surface area contributed by atoms with Gasteiger partial charge < -0.3 is 15.5 Å². The van der Waals surface area contributed by atoms with Gasteiger partial charge in [-0.2, -0.15) is 0 Å². The second-order valence-corrected chi connectivity index (χ2v) is 6.61. The number of hydrogen-bond acceptors (Lipinski definition) is 2. The highest BCUT2D eigenvalue weighted by molar-refractivity contribution is 14.0. The number of nitrogens with one attached hydrogen (secondary N) is 2. The van der Waals surface area contributed by atoms with E-state index in [9.17, 15) is 4.79 Å². The third-order valence-electron chi connectivity index (χ3n) is 4.96. The summed E-state index contributed by atoms with van der Waals surface area (Å²) in [5, 5.41) is 6.86.